The van der Waals surface area contributed by atoms with Gasteiger partial charge >= 0.3 is 18.2 Å². The lowest BCUT2D eigenvalue weighted by Gasteiger charge is -2.47. The SMILES string of the molecule is CC(C)(C)OC(=O)CC1=N[C@@]2(c3cc(Br)ccc3F)CO[C@@H](CF)C[C@H]2CS1.CC(C)(C)OC(=O)N(C(=O)OC(C)(C)C)C1=N[C@@]2(c3cc(Br)ccc3F)CO[C@@H](CF)C[C@H]2CS1. The molecule has 6 atom stereocenters. The predicted molar refractivity (Wildman–Crippen MR) is 244 cm³/mol. The molecule has 6 rings (SSSR count). The fourth-order valence-corrected chi connectivity index (χ4v) is 10.8. The lowest BCUT2D eigenvalue weighted by Crippen LogP contribution is -2.54. The van der Waals surface area contributed by atoms with E-state index in [2.05, 4.69) is 31.9 Å². The van der Waals surface area contributed by atoms with Gasteiger partial charge in [0.2, 0.25) is 0 Å². The number of hydrogen-bond acceptors (Lipinski definition) is 12. The van der Waals surface area contributed by atoms with Crippen molar-refractivity contribution >= 4 is 83.8 Å². The highest BCUT2D eigenvalue weighted by Gasteiger charge is 2.52. The Hall–Kier alpha value is -2.71. The Labute approximate surface area is 391 Å². The second-order valence-electron chi connectivity index (χ2n) is 18.7. The Morgan fingerprint density at radius 1 is 0.714 bits per heavy atom. The number of amides is 2. The third-order valence-corrected chi connectivity index (χ3v) is 13.4. The zero-order valence-electron chi connectivity index (χ0n) is 36.8. The van der Waals surface area contributed by atoms with Crippen LogP contribution < -0.4 is 0 Å². The van der Waals surface area contributed by atoms with E-state index < -0.39 is 71.4 Å². The van der Waals surface area contributed by atoms with E-state index in [9.17, 15) is 27.6 Å². The first-order valence-electron chi connectivity index (χ1n) is 20.5. The Morgan fingerprint density at radius 2 is 1.14 bits per heavy atom. The lowest BCUT2D eigenvalue weighted by molar-refractivity contribution is -0.153. The van der Waals surface area contributed by atoms with Gasteiger partial charge in [0.25, 0.3) is 0 Å². The van der Waals surface area contributed by atoms with E-state index in [4.69, 9.17) is 33.7 Å². The molecule has 4 aliphatic heterocycles. The predicted octanol–water partition coefficient (Wildman–Crippen LogP) is 11.5. The summed E-state index contributed by atoms with van der Waals surface area (Å²) in [6, 6.07) is 9.19. The van der Waals surface area contributed by atoms with Crippen LogP contribution in [0.1, 0.15) is 92.7 Å². The number of rotatable bonds is 6. The quantitative estimate of drug-likeness (QED) is 0.157. The van der Waals surface area contributed by atoms with E-state index in [0.29, 0.717) is 39.4 Å². The number of alkyl halides is 2. The minimum Gasteiger partial charge on any atom is -0.460 e. The molecule has 4 aliphatic rings. The van der Waals surface area contributed by atoms with E-state index in [1.807, 2.05) is 0 Å². The standard InChI is InChI=1S/C24H31BrF2N2O5S.C20H24BrF2NO3S/c1-22(2,3)33-20(30)29(21(31)34-23(4,5)6)19-28-24(17-10-15(25)7-8-18(17)27)13-32-16(11-26)9-14(24)12-35-19;1-19(2,3)27-18(25)8-17-24-20(15-7-13(21)4-5-16(15)23)11-26-14(9-22)6-12(20)10-28-17/h7-8,10,14,16H,9,11-13H2,1-6H3;4-5,7,12,14H,6,8-11H2,1-3H3/t14-,16+,24-;12-,14+,20-/m00/s1. The molecule has 63 heavy (non-hydrogen) atoms. The summed E-state index contributed by atoms with van der Waals surface area (Å²) in [5, 5.41) is 0.596. The van der Waals surface area contributed by atoms with Crippen molar-refractivity contribution in [3.05, 3.63) is 68.1 Å². The third kappa shape index (κ3) is 13.0. The van der Waals surface area contributed by atoms with Crippen LogP contribution in [0.25, 0.3) is 0 Å². The smallest absolute Gasteiger partial charge is 0.426 e. The molecule has 2 aromatic carbocycles. The second kappa shape index (κ2) is 20.4. The van der Waals surface area contributed by atoms with Crippen LogP contribution in [0.15, 0.2) is 55.3 Å². The number of benzene rings is 2. The van der Waals surface area contributed by atoms with Crippen molar-refractivity contribution < 1.29 is 55.6 Å². The Morgan fingerprint density at radius 3 is 1.57 bits per heavy atom. The minimum absolute atomic E-state index is 0.00595. The number of carbonyl (C=O) groups is 3. The zero-order valence-corrected chi connectivity index (χ0v) is 41.6. The van der Waals surface area contributed by atoms with Crippen LogP contribution in [0.2, 0.25) is 0 Å². The molecule has 11 nitrogen and oxygen atoms in total. The summed E-state index contributed by atoms with van der Waals surface area (Å²) < 4.78 is 85.7. The van der Waals surface area contributed by atoms with Crippen molar-refractivity contribution in [3.8, 4) is 0 Å². The maximum absolute atomic E-state index is 15.2. The van der Waals surface area contributed by atoms with Gasteiger partial charge in [-0.05, 0) is 112 Å². The van der Waals surface area contributed by atoms with Crippen LogP contribution in [0.3, 0.4) is 0 Å². The van der Waals surface area contributed by atoms with E-state index in [1.165, 1.54) is 23.9 Å². The molecule has 4 heterocycles. The van der Waals surface area contributed by atoms with E-state index in [-0.39, 0.29) is 54.0 Å². The van der Waals surface area contributed by atoms with Crippen molar-refractivity contribution in [2.24, 2.45) is 21.8 Å². The van der Waals surface area contributed by atoms with Crippen LogP contribution in [0.5, 0.6) is 0 Å². The normalized spacial score (nSPS) is 26.1. The van der Waals surface area contributed by atoms with Gasteiger partial charge in [0, 0.05) is 43.4 Å². The van der Waals surface area contributed by atoms with Crippen LogP contribution in [0, 0.1) is 23.5 Å². The molecular weight excluding hydrogens is 998 g/mol. The molecule has 348 valence electrons. The second-order valence-corrected chi connectivity index (χ2v) is 22.6. The third-order valence-electron chi connectivity index (χ3n) is 10.2. The summed E-state index contributed by atoms with van der Waals surface area (Å²) >= 11 is 9.37. The van der Waals surface area contributed by atoms with Crippen molar-refractivity contribution in [1.82, 2.24) is 4.90 Å². The molecule has 0 spiro atoms. The first kappa shape index (κ1) is 51.3. The molecule has 19 heteroatoms. The van der Waals surface area contributed by atoms with Crippen molar-refractivity contribution in [2.75, 3.05) is 38.1 Å². The number of halogens is 6. The number of amidine groups is 1. The molecule has 2 fully saturated rings. The summed E-state index contributed by atoms with van der Waals surface area (Å²) in [6.07, 6.45) is -2.26. The van der Waals surface area contributed by atoms with Crippen LogP contribution in [0.4, 0.5) is 27.2 Å². The average Bonchev–Trinajstić information content (AvgIpc) is 3.17. The van der Waals surface area contributed by atoms with Gasteiger partial charge < -0.3 is 23.7 Å². The fraction of sp³-hybridized carbons (Fsp3) is 0.614. The van der Waals surface area contributed by atoms with Crippen molar-refractivity contribution in [1.29, 1.82) is 0 Å². The fourth-order valence-electron chi connectivity index (χ4n) is 7.52. The molecule has 2 saturated heterocycles. The largest absolute Gasteiger partial charge is 0.460 e. The molecule has 0 saturated carbocycles. The number of aliphatic imine (C=N–C) groups is 2. The Bertz CT molecular complexity index is 2050. The Kier molecular flexibility index (Phi) is 16.6. The number of imide groups is 1. The maximum Gasteiger partial charge on any atom is 0.426 e. The summed E-state index contributed by atoms with van der Waals surface area (Å²) in [6.45, 7) is 14.2. The van der Waals surface area contributed by atoms with Gasteiger partial charge in [-0.25, -0.2) is 32.1 Å². The van der Waals surface area contributed by atoms with Gasteiger partial charge in [-0.3, -0.25) is 9.79 Å². The first-order chi connectivity index (χ1) is 29.3. The minimum atomic E-state index is -1.28. The molecule has 2 aromatic rings. The highest BCUT2D eigenvalue weighted by atomic mass is 79.9. The van der Waals surface area contributed by atoms with Gasteiger partial charge in [0.05, 0.1) is 36.9 Å². The molecule has 0 N–H and O–H groups in total. The number of nitrogens with zero attached hydrogens (tertiary/aromatic N) is 3. The first-order valence-corrected chi connectivity index (χ1v) is 24.0. The topological polar surface area (TPSA) is 125 Å². The molecule has 0 radical (unpaired) electrons. The molecule has 0 aromatic heterocycles. The number of fused-ring (bicyclic) bond motifs is 2. The summed E-state index contributed by atoms with van der Waals surface area (Å²) in [5.41, 5.74) is -3.97. The highest BCUT2D eigenvalue weighted by Crippen LogP contribution is 2.50. The van der Waals surface area contributed by atoms with E-state index in [1.54, 1.807) is 86.6 Å². The number of carbonyl (C=O) groups excluding carboxylic acids is 3. The molecule has 0 aliphatic carbocycles. The summed E-state index contributed by atoms with van der Waals surface area (Å²) in [7, 11) is 0. The molecular formula is C44H55Br2F4N3O8S2. The summed E-state index contributed by atoms with van der Waals surface area (Å²) in [5.74, 6) is -0.688. The lowest BCUT2D eigenvalue weighted by atomic mass is 9.75. The van der Waals surface area contributed by atoms with Crippen molar-refractivity contribution in [3.63, 3.8) is 0 Å². The van der Waals surface area contributed by atoms with E-state index in [0.717, 1.165) is 21.1 Å². The van der Waals surface area contributed by atoms with Gasteiger partial charge in [0.1, 0.15) is 52.9 Å². The van der Waals surface area contributed by atoms with Crippen molar-refractivity contribution in [2.45, 2.75) is 122 Å². The zero-order chi connectivity index (χ0) is 46.7. The monoisotopic (exact) mass is 1050 g/mol. The average molecular weight is 1050 g/mol. The summed E-state index contributed by atoms with van der Waals surface area (Å²) in [4.78, 5) is 48.9. The maximum atomic E-state index is 15.2. The van der Waals surface area contributed by atoms with E-state index >= 15 is 4.39 Å². The molecule has 0 bridgehead atoms. The molecule has 2 amide bonds. The number of hydrogen-bond donors (Lipinski definition) is 0. The number of thioether (sulfide) groups is 2. The number of ether oxygens (including phenoxy) is 5. The van der Waals surface area contributed by atoms with Crippen LogP contribution >= 0.6 is 55.4 Å². The van der Waals surface area contributed by atoms with Gasteiger partial charge in [-0.2, -0.15) is 4.90 Å². The van der Waals surface area contributed by atoms with Gasteiger partial charge in [0.15, 0.2) is 5.17 Å². The highest BCUT2D eigenvalue weighted by molar-refractivity contribution is 9.10. The number of esters is 1. The van der Waals surface area contributed by atoms with Crippen LogP contribution in [-0.2, 0) is 39.6 Å². The van der Waals surface area contributed by atoms with Crippen LogP contribution in [-0.4, -0.2) is 100 Å². The van der Waals surface area contributed by atoms with Gasteiger partial charge in [-0.15, -0.1) is 11.8 Å². The Balaban J connectivity index is 0.000000243. The van der Waals surface area contributed by atoms with Gasteiger partial charge in [-0.1, -0.05) is 43.6 Å². The molecule has 0 unspecified atom stereocenters.